The molecule has 90 valence electrons. The first kappa shape index (κ1) is 13.8. The lowest BCUT2D eigenvalue weighted by atomic mass is 10.0. The van der Waals surface area contributed by atoms with E-state index in [0.29, 0.717) is 12.8 Å². The van der Waals surface area contributed by atoms with Gasteiger partial charge in [-0.25, -0.2) is 0 Å². The largest absolute Gasteiger partial charge is 0.469 e. The molecule has 0 bridgehead atoms. The van der Waals surface area contributed by atoms with E-state index in [0.717, 1.165) is 22.9 Å². The Hall–Kier alpha value is -1.27. The van der Waals surface area contributed by atoms with Crippen molar-refractivity contribution in [1.29, 1.82) is 0 Å². The molecule has 0 aliphatic carbocycles. The first-order chi connectivity index (χ1) is 8.27. The molecule has 0 spiro atoms. The quantitative estimate of drug-likeness (QED) is 0.485. The van der Waals surface area contributed by atoms with Gasteiger partial charge in [0.1, 0.15) is 0 Å². The van der Waals surface area contributed by atoms with Crippen LogP contribution in [0.2, 0.25) is 0 Å². The van der Waals surface area contributed by atoms with E-state index in [1.54, 1.807) is 0 Å². The molecule has 0 saturated heterocycles. The van der Waals surface area contributed by atoms with Crippen molar-refractivity contribution < 1.29 is 9.53 Å². The van der Waals surface area contributed by atoms with Crippen LogP contribution < -0.4 is 0 Å². The maximum absolute atomic E-state index is 11.1. The van der Waals surface area contributed by atoms with Gasteiger partial charge in [-0.15, -0.1) is 0 Å². The summed E-state index contributed by atoms with van der Waals surface area (Å²) in [4.78, 5) is 11.1. The molecule has 0 fully saturated rings. The molecule has 1 aromatic carbocycles. The number of carbonyl (C=O) groups excluding carboxylic acids is 1. The molecule has 3 heteroatoms. The maximum atomic E-state index is 11.1. The van der Waals surface area contributed by atoms with Gasteiger partial charge in [0.2, 0.25) is 0 Å². The average Bonchev–Trinajstić information content (AvgIpc) is 2.37. The molecule has 0 saturated carbocycles. The molecule has 0 N–H and O–H groups in total. The summed E-state index contributed by atoms with van der Waals surface area (Å²) in [6.07, 6.45) is 1.89. The van der Waals surface area contributed by atoms with Crippen LogP contribution in [0.25, 0.3) is 0 Å². The summed E-state index contributed by atoms with van der Waals surface area (Å²) in [7, 11) is 1.41. The second-order valence-electron chi connectivity index (χ2n) is 3.47. The van der Waals surface area contributed by atoms with Crippen LogP contribution in [0, 0.1) is 11.8 Å². The topological polar surface area (TPSA) is 26.3 Å². The maximum Gasteiger partial charge on any atom is 0.305 e. The normalized spacial score (nSPS) is 9.29. The van der Waals surface area contributed by atoms with Crippen LogP contribution in [0.4, 0.5) is 0 Å². The van der Waals surface area contributed by atoms with Crippen molar-refractivity contribution in [2.45, 2.75) is 19.3 Å². The van der Waals surface area contributed by atoms with E-state index >= 15 is 0 Å². The lowest BCUT2D eigenvalue weighted by Crippen LogP contribution is -2.02. The minimum Gasteiger partial charge on any atom is -0.469 e. The van der Waals surface area contributed by atoms with Gasteiger partial charge in [-0.05, 0) is 18.1 Å². The van der Waals surface area contributed by atoms with E-state index in [-0.39, 0.29) is 5.97 Å². The molecule has 1 aromatic rings. The number of benzene rings is 1. The molecule has 0 atom stereocenters. The van der Waals surface area contributed by atoms with Crippen LogP contribution in [0.1, 0.15) is 24.0 Å². The van der Waals surface area contributed by atoms with Gasteiger partial charge in [0, 0.05) is 23.7 Å². The van der Waals surface area contributed by atoms with Crippen LogP contribution in [0.3, 0.4) is 0 Å². The number of halogens is 1. The zero-order valence-corrected chi connectivity index (χ0v) is 11.4. The number of methoxy groups -OCH3 is 1. The first-order valence-electron chi connectivity index (χ1n) is 5.47. The van der Waals surface area contributed by atoms with Gasteiger partial charge in [0.25, 0.3) is 0 Å². The fraction of sp³-hybridized carbons (Fsp3) is 0.357. The number of hydrogen-bond donors (Lipinski definition) is 0. The summed E-state index contributed by atoms with van der Waals surface area (Å²) in [6, 6.07) is 7.90. The molecular weight excluding hydrogens is 280 g/mol. The first-order valence-corrected chi connectivity index (χ1v) is 6.59. The third-order valence-corrected chi connectivity index (χ3v) is 2.68. The summed E-state index contributed by atoms with van der Waals surface area (Å²) in [6.45, 7) is 0. The van der Waals surface area contributed by atoms with Crippen LogP contribution in [0.5, 0.6) is 0 Å². The summed E-state index contributed by atoms with van der Waals surface area (Å²) < 4.78 is 4.63. The van der Waals surface area contributed by atoms with Crippen LogP contribution in [-0.4, -0.2) is 18.4 Å². The van der Waals surface area contributed by atoms with Crippen molar-refractivity contribution >= 4 is 21.9 Å². The Kier molecular flexibility index (Phi) is 6.42. The molecule has 1 rings (SSSR count). The summed E-state index contributed by atoms with van der Waals surface area (Å²) in [5.41, 5.74) is 2.09. The minimum absolute atomic E-state index is 0.187. The Morgan fingerprint density at radius 2 is 2.18 bits per heavy atom. The summed E-state index contributed by atoms with van der Waals surface area (Å²) in [5.74, 6) is 6.02. The molecule has 0 aromatic heterocycles. The molecule has 17 heavy (non-hydrogen) atoms. The molecule has 0 aliphatic heterocycles. The highest BCUT2D eigenvalue weighted by Gasteiger charge is 2.04. The highest BCUT2D eigenvalue weighted by atomic mass is 79.9. The fourth-order valence-corrected chi connectivity index (χ4v) is 1.60. The number of carbonyl (C=O) groups is 1. The molecule has 0 heterocycles. The zero-order chi connectivity index (χ0) is 12.5. The van der Waals surface area contributed by atoms with Gasteiger partial charge in [0.05, 0.1) is 7.11 Å². The standard InChI is InChI=1S/C14H15BrO2/c1-17-14(16)10-9-13-7-3-2-6-12(13)8-4-5-11-15/h2-3,6-7H,5,9-11H2,1H3. The molecule has 0 unspecified atom stereocenters. The van der Waals surface area contributed by atoms with Crippen molar-refractivity contribution in [3.8, 4) is 11.8 Å². The Bertz CT molecular complexity index is 429. The number of alkyl halides is 1. The predicted octanol–water partition coefficient (Wildman–Crippen LogP) is 2.93. The van der Waals surface area contributed by atoms with Gasteiger partial charge in [-0.3, -0.25) is 4.79 Å². The monoisotopic (exact) mass is 294 g/mol. The Balaban J connectivity index is 2.71. The van der Waals surface area contributed by atoms with Gasteiger partial charge in [-0.2, -0.15) is 0 Å². The van der Waals surface area contributed by atoms with Gasteiger partial charge in [-0.1, -0.05) is 46.0 Å². The van der Waals surface area contributed by atoms with E-state index in [1.807, 2.05) is 24.3 Å². The van der Waals surface area contributed by atoms with Crippen LogP contribution in [-0.2, 0) is 16.0 Å². The number of esters is 1. The van der Waals surface area contributed by atoms with Crippen molar-refractivity contribution in [3.63, 3.8) is 0 Å². The third-order valence-electron chi connectivity index (χ3n) is 2.29. The van der Waals surface area contributed by atoms with Crippen molar-refractivity contribution in [2.24, 2.45) is 0 Å². The van der Waals surface area contributed by atoms with Crippen molar-refractivity contribution in [3.05, 3.63) is 35.4 Å². The fourth-order valence-electron chi connectivity index (χ4n) is 1.40. The number of ether oxygens (including phenoxy) is 1. The van der Waals surface area contributed by atoms with E-state index < -0.39 is 0 Å². The van der Waals surface area contributed by atoms with Crippen molar-refractivity contribution in [2.75, 3.05) is 12.4 Å². The second-order valence-corrected chi connectivity index (χ2v) is 4.27. The lowest BCUT2D eigenvalue weighted by Gasteiger charge is -2.03. The van der Waals surface area contributed by atoms with E-state index in [9.17, 15) is 4.79 Å². The molecule has 2 nitrogen and oxygen atoms in total. The Morgan fingerprint density at radius 1 is 1.41 bits per heavy atom. The van der Waals surface area contributed by atoms with Gasteiger partial charge < -0.3 is 4.74 Å². The van der Waals surface area contributed by atoms with Crippen LogP contribution in [0.15, 0.2) is 24.3 Å². The predicted molar refractivity (Wildman–Crippen MR) is 72.1 cm³/mol. The molecule has 0 radical (unpaired) electrons. The summed E-state index contributed by atoms with van der Waals surface area (Å²) in [5, 5.41) is 0.879. The smallest absolute Gasteiger partial charge is 0.305 e. The highest BCUT2D eigenvalue weighted by Crippen LogP contribution is 2.10. The Morgan fingerprint density at radius 3 is 2.88 bits per heavy atom. The van der Waals surface area contributed by atoms with E-state index in [4.69, 9.17) is 0 Å². The minimum atomic E-state index is -0.187. The number of aryl methyl sites for hydroxylation is 1. The Labute approximate surface area is 110 Å². The SMILES string of the molecule is COC(=O)CCc1ccccc1C#CCCBr. The summed E-state index contributed by atoms with van der Waals surface area (Å²) >= 11 is 3.34. The number of hydrogen-bond acceptors (Lipinski definition) is 2. The van der Waals surface area contributed by atoms with Crippen LogP contribution >= 0.6 is 15.9 Å². The molecule has 0 aliphatic rings. The lowest BCUT2D eigenvalue weighted by molar-refractivity contribution is -0.140. The van der Waals surface area contributed by atoms with E-state index in [1.165, 1.54) is 7.11 Å². The second kappa shape index (κ2) is 7.92. The molecule has 0 amide bonds. The average molecular weight is 295 g/mol. The van der Waals surface area contributed by atoms with Gasteiger partial charge >= 0.3 is 5.97 Å². The zero-order valence-electron chi connectivity index (χ0n) is 9.83. The number of rotatable bonds is 4. The van der Waals surface area contributed by atoms with Crippen molar-refractivity contribution in [1.82, 2.24) is 0 Å². The molecular formula is C14H15BrO2. The highest BCUT2D eigenvalue weighted by molar-refractivity contribution is 9.09. The van der Waals surface area contributed by atoms with E-state index in [2.05, 4.69) is 32.5 Å². The van der Waals surface area contributed by atoms with Gasteiger partial charge in [0.15, 0.2) is 0 Å². The third kappa shape index (κ3) is 5.06.